The molecule has 1 aliphatic rings. The molecule has 1 fully saturated rings. The monoisotopic (exact) mass is 442 g/mol. The van der Waals surface area contributed by atoms with Crippen LogP contribution < -0.4 is 10.2 Å². The van der Waals surface area contributed by atoms with Crippen molar-refractivity contribution in [3.63, 3.8) is 0 Å². The van der Waals surface area contributed by atoms with Crippen LogP contribution >= 0.6 is 0 Å². The summed E-state index contributed by atoms with van der Waals surface area (Å²) in [5.74, 6) is -1.38. The van der Waals surface area contributed by atoms with Gasteiger partial charge in [0, 0.05) is 11.3 Å². The summed E-state index contributed by atoms with van der Waals surface area (Å²) < 4.78 is 1.80. The number of barbiturate groups is 1. The van der Waals surface area contributed by atoms with Crippen molar-refractivity contribution in [3.8, 4) is 5.69 Å². The average Bonchev–Trinajstić information content (AvgIpc) is 3.03. The van der Waals surface area contributed by atoms with Crippen molar-refractivity contribution in [2.24, 2.45) is 0 Å². The van der Waals surface area contributed by atoms with E-state index in [0.717, 1.165) is 33.0 Å². The Labute approximate surface area is 192 Å². The number of benzene rings is 2. The van der Waals surface area contributed by atoms with Gasteiger partial charge in [0.25, 0.3) is 11.8 Å². The number of carbonyl (C=O) groups is 3. The van der Waals surface area contributed by atoms with Gasteiger partial charge in [-0.15, -0.1) is 0 Å². The summed E-state index contributed by atoms with van der Waals surface area (Å²) in [7, 11) is 0. The fourth-order valence-corrected chi connectivity index (χ4v) is 3.87. The van der Waals surface area contributed by atoms with Gasteiger partial charge in [0.1, 0.15) is 5.57 Å². The van der Waals surface area contributed by atoms with E-state index in [1.54, 1.807) is 16.8 Å². The lowest BCUT2D eigenvalue weighted by Crippen LogP contribution is -2.54. The fraction of sp³-hybridized carbons (Fsp3) is 0.231. The minimum absolute atomic E-state index is 0.112. The first-order valence-electron chi connectivity index (χ1n) is 10.7. The number of hydrogen-bond acceptors (Lipinski definition) is 4. The minimum atomic E-state index is -0.760. The van der Waals surface area contributed by atoms with Gasteiger partial charge in [0.05, 0.1) is 17.1 Å². The number of carbonyl (C=O) groups excluding carboxylic acids is 3. The molecule has 3 aromatic rings. The van der Waals surface area contributed by atoms with E-state index in [2.05, 4.69) is 10.4 Å². The van der Waals surface area contributed by atoms with Crippen molar-refractivity contribution in [3.05, 3.63) is 81.2 Å². The van der Waals surface area contributed by atoms with Crippen LogP contribution in [0.15, 0.2) is 42.0 Å². The zero-order valence-electron chi connectivity index (χ0n) is 19.6. The highest BCUT2D eigenvalue weighted by atomic mass is 16.2. The highest BCUT2D eigenvalue weighted by molar-refractivity contribution is 6.39. The molecular formula is C26H26N4O3. The predicted molar refractivity (Wildman–Crippen MR) is 127 cm³/mol. The Balaban J connectivity index is 1.78. The lowest BCUT2D eigenvalue weighted by Gasteiger charge is -2.26. The molecule has 0 spiro atoms. The minimum Gasteiger partial charge on any atom is -0.273 e. The molecule has 7 heteroatoms. The molecule has 4 amide bonds. The maximum atomic E-state index is 13.3. The molecule has 2 aromatic carbocycles. The lowest BCUT2D eigenvalue weighted by atomic mass is 10.0. The molecule has 1 aromatic heterocycles. The molecule has 0 bridgehead atoms. The second-order valence-electron chi connectivity index (χ2n) is 8.49. The van der Waals surface area contributed by atoms with Crippen LogP contribution in [0, 0.1) is 41.5 Å². The molecule has 33 heavy (non-hydrogen) atoms. The topological polar surface area (TPSA) is 84.3 Å². The smallest absolute Gasteiger partial charge is 0.273 e. The van der Waals surface area contributed by atoms with Crippen LogP contribution in [-0.2, 0) is 9.59 Å². The Morgan fingerprint density at radius 1 is 0.788 bits per heavy atom. The first-order chi connectivity index (χ1) is 15.6. The standard InChI is InChI=1S/C26H26N4O3/c1-14-7-9-20(11-16(14)3)29-25(32)23(24(31)27-26(29)33)13-22-18(5)28-30(19(22)6)21-10-8-15(2)17(4)12-21/h7-13H,1-6H3,(H,27,31,33)/b23-13+. The molecule has 0 aliphatic carbocycles. The molecule has 1 N–H and O–H groups in total. The van der Waals surface area contributed by atoms with Gasteiger partial charge in [-0.25, -0.2) is 14.4 Å². The third kappa shape index (κ3) is 3.86. The van der Waals surface area contributed by atoms with Crippen LogP contribution in [0.2, 0.25) is 0 Å². The molecule has 1 aliphatic heterocycles. The van der Waals surface area contributed by atoms with E-state index in [1.807, 2.05) is 65.8 Å². The molecule has 0 atom stereocenters. The number of nitrogens with zero attached hydrogens (tertiary/aromatic N) is 3. The molecule has 1 saturated heterocycles. The molecule has 2 heterocycles. The van der Waals surface area contributed by atoms with Crippen LogP contribution in [0.1, 0.15) is 39.2 Å². The van der Waals surface area contributed by atoms with Gasteiger partial charge in [-0.1, -0.05) is 12.1 Å². The number of aromatic nitrogens is 2. The summed E-state index contributed by atoms with van der Waals surface area (Å²) in [4.78, 5) is 39.4. The zero-order valence-corrected chi connectivity index (χ0v) is 19.6. The summed E-state index contributed by atoms with van der Waals surface area (Å²) in [6.07, 6.45) is 1.52. The lowest BCUT2D eigenvalue weighted by molar-refractivity contribution is -0.122. The molecule has 4 rings (SSSR count). The van der Waals surface area contributed by atoms with Crippen LogP contribution in [0.5, 0.6) is 0 Å². The Morgan fingerprint density at radius 3 is 1.97 bits per heavy atom. The SMILES string of the molecule is Cc1ccc(N2C(=O)NC(=O)/C(=C\c3c(C)nn(-c4ccc(C)c(C)c4)c3C)C2=O)cc1C. The molecular weight excluding hydrogens is 416 g/mol. The molecule has 0 unspecified atom stereocenters. The number of anilines is 1. The van der Waals surface area contributed by atoms with Gasteiger partial charge in [-0.2, -0.15) is 5.10 Å². The third-order valence-electron chi connectivity index (χ3n) is 6.22. The van der Waals surface area contributed by atoms with E-state index in [-0.39, 0.29) is 5.57 Å². The van der Waals surface area contributed by atoms with Gasteiger partial charge in [0.15, 0.2) is 0 Å². The van der Waals surface area contributed by atoms with Gasteiger partial charge >= 0.3 is 6.03 Å². The number of amides is 4. The Kier molecular flexibility index (Phi) is 5.49. The van der Waals surface area contributed by atoms with Gasteiger partial charge in [0.2, 0.25) is 0 Å². The van der Waals surface area contributed by atoms with Crippen molar-refractivity contribution in [1.29, 1.82) is 0 Å². The van der Waals surface area contributed by atoms with Gasteiger partial charge in [-0.3, -0.25) is 14.9 Å². The van der Waals surface area contributed by atoms with Crippen LogP contribution in [0.25, 0.3) is 11.8 Å². The number of hydrogen-bond donors (Lipinski definition) is 1. The van der Waals surface area contributed by atoms with Gasteiger partial charge in [-0.05, 0) is 94.1 Å². The zero-order chi connectivity index (χ0) is 24.0. The molecule has 168 valence electrons. The van der Waals surface area contributed by atoms with Crippen LogP contribution in [0.3, 0.4) is 0 Å². The van der Waals surface area contributed by atoms with E-state index < -0.39 is 17.8 Å². The summed E-state index contributed by atoms with van der Waals surface area (Å²) in [5, 5.41) is 6.91. The normalized spacial score (nSPS) is 15.4. The van der Waals surface area contributed by atoms with E-state index in [9.17, 15) is 14.4 Å². The van der Waals surface area contributed by atoms with E-state index in [1.165, 1.54) is 11.6 Å². The van der Waals surface area contributed by atoms with E-state index >= 15 is 0 Å². The van der Waals surface area contributed by atoms with E-state index in [0.29, 0.717) is 16.9 Å². The number of urea groups is 1. The fourth-order valence-electron chi connectivity index (χ4n) is 3.87. The molecule has 0 saturated carbocycles. The predicted octanol–water partition coefficient (Wildman–Crippen LogP) is 4.39. The number of nitrogens with one attached hydrogen (secondary N) is 1. The average molecular weight is 443 g/mol. The second-order valence-corrected chi connectivity index (χ2v) is 8.49. The summed E-state index contributed by atoms with van der Waals surface area (Å²) in [6.45, 7) is 11.7. The van der Waals surface area contributed by atoms with E-state index in [4.69, 9.17) is 0 Å². The second kappa shape index (κ2) is 8.16. The number of aryl methyl sites for hydroxylation is 5. The highest BCUT2D eigenvalue weighted by Crippen LogP contribution is 2.26. The Hall–Kier alpha value is -4.00. The maximum absolute atomic E-state index is 13.3. The van der Waals surface area contributed by atoms with Crippen molar-refractivity contribution in [1.82, 2.24) is 15.1 Å². The summed E-state index contributed by atoms with van der Waals surface area (Å²) >= 11 is 0. The Bertz CT molecular complexity index is 1360. The van der Waals surface area contributed by atoms with Gasteiger partial charge < -0.3 is 0 Å². The number of rotatable bonds is 3. The van der Waals surface area contributed by atoms with Crippen LogP contribution in [-0.4, -0.2) is 27.6 Å². The van der Waals surface area contributed by atoms with Crippen LogP contribution in [0.4, 0.5) is 10.5 Å². The summed E-state index contributed by atoms with van der Waals surface area (Å²) in [6, 6.07) is 10.6. The first-order valence-corrected chi connectivity index (χ1v) is 10.7. The number of imide groups is 2. The van der Waals surface area contributed by atoms with Crippen molar-refractivity contribution < 1.29 is 14.4 Å². The quantitative estimate of drug-likeness (QED) is 0.482. The largest absolute Gasteiger partial charge is 0.335 e. The van der Waals surface area contributed by atoms with Crippen molar-refractivity contribution in [2.45, 2.75) is 41.5 Å². The summed E-state index contributed by atoms with van der Waals surface area (Å²) in [5.41, 5.74) is 7.64. The first kappa shape index (κ1) is 22.2. The molecule has 0 radical (unpaired) electrons. The highest BCUT2D eigenvalue weighted by Gasteiger charge is 2.37. The molecule has 7 nitrogen and oxygen atoms in total. The van der Waals surface area contributed by atoms with Crippen molar-refractivity contribution >= 4 is 29.6 Å². The van der Waals surface area contributed by atoms with Crippen molar-refractivity contribution in [2.75, 3.05) is 4.90 Å². The Morgan fingerprint density at radius 2 is 1.36 bits per heavy atom. The third-order valence-corrected chi connectivity index (χ3v) is 6.22. The maximum Gasteiger partial charge on any atom is 0.335 e.